The second kappa shape index (κ2) is 6.47. The molecule has 3 saturated heterocycles. The molecule has 4 heteroatoms. The van der Waals surface area contributed by atoms with Crippen LogP contribution in [0.25, 0.3) is 0 Å². The summed E-state index contributed by atoms with van der Waals surface area (Å²) in [5.41, 5.74) is 0.775. The van der Waals surface area contributed by atoms with Gasteiger partial charge in [-0.3, -0.25) is 9.59 Å². The Balaban J connectivity index is 1.60. The average Bonchev–Trinajstić information content (AvgIpc) is 3.15. The maximum Gasteiger partial charge on any atom is 0.230 e. The topological polar surface area (TPSA) is 40.6 Å². The molecule has 4 nitrogen and oxygen atoms in total. The Kier molecular flexibility index (Phi) is 4.30. The van der Waals surface area contributed by atoms with E-state index >= 15 is 0 Å². The molecule has 4 rings (SSSR count). The van der Waals surface area contributed by atoms with Gasteiger partial charge in [-0.15, -0.1) is 0 Å². The highest BCUT2D eigenvalue weighted by atomic mass is 16.2. The predicted molar refractivity (Wildman–Crippen MR) is 98.5 cm³/mol. The number of piperidine rings is 2. The Labute approximate surface area is 150 Å². The number of carbonyl (C=O) groups excluding carboxylic acids is 2. The zero-order chi connectivity index (χ0) is 17.4. The number of amides is 1. The van der Waals surface area contributed by atoms with Crippen molar-refractivity contribution in [2.75, 3.05) is 24.5 Å². The number of para-hydroxylation sites is 1. The molecule has 3 heterocycles. The quantitative estimate of drug-likeness (QED) is 0.848. The Hall–Kier alpha value is -1.84. The Morgan fingerprint density at radius 2 is 1.80 bits per heavy atom. The summed E-state index contributed by atoms with van der Waals surface area (Å²) < 4.78 is 0. The zero-order valence-corrected chi connectivity index (χ0v) is 15.1. The van der Waals surface area contributed by atoms with Crippen LogP contribution in [-0.4, -0.2) is 42.3 Å². The van der Waals surface area contributed by atoms with Gasteiger partial charge in [0.15, 0.2) is 5.78 Å². The lowest BCUT2D eigenvalue weighted by Gasteiger charge is -2.51. The van der Waals surface area contributed by atoms with Crippen LogP contribution in [0.15, 0.2) is 30.3 Å². The van der Waals surface area contributed by atoms with Gasteiger partial charge >= 0.3 is 0 Å². The number of hydrogen-bond donors (Lipinski definition) is 0. The third kappa shape index (κ3) is 2.57. The van der Waals surface area contributed by atoms with Crippen molar-refractivity contribution in [1.82, 2.24) is 4.90 Å². The lowest BCUT2D eigenvalue weighted by atomic mass is 9.61. The molecule has 0 aromatic heterocycles. The molecule has 1 aromatic carbocycles. The second-order valence-corrected chi connectivity index (χ2v) is 7.88. The minimum Gasteiger partial charge on any atom is -0.371 e. The molecule has 1 spiro atoms. The number of nitrogens with zero attached hydrogens (tertiary/aromatic N) is 2. The molecule has 2 unspecified atom stereocenters. The van der Waals surface area contributed by atoms with Crippen molar-refractivity contribution < 1.29 is 9.59 Å². The Morgan fingerprint density at radius 1 is 1.08 bits per heavy atom. The van der Waals surface area contributed by atoms with Crippen molar-refractivity contribution in [2.45, 2.75) is 51.5 Å². The van der Waals surface area contributed by atoms with Crippen LogP contribution in [0.2, 0.25) is 0 Å². The SMILES string of the molecule is CCCC1C(=O)C2CCCN2C(=O)C12CCN(c1ccccc1)CC2. The Bertz CT molecular complexity index is 649. The van der Waals surface area contributed by atoms with E-state index in [-0.39, 0.29) is 17.9 Å². The lowest BCUT2D eigenvalue weighted by Crippen LogP contribution is -2.63. The first-order valence-electron chi connectivity index (χ1n) is 9.82. The summed E-state index contributed by atoms with van der Waals surface area (Å²) >= 11 is 0. The van der Waals surface area contributed by atoms with Gasteiger partial charge in [0.1, 0.15) is 0 Å². The molecular formula is C21H28N2O2. The summed E-state index contributed by atoms with van der Waals surface area (Å²) in [6.07, 6.45) is 5.30. The molecular weight excluding hydrogens is 312 g/mol. The molecule has 3 aliphatic rings. The van der Waals surface area contributed by atoms with Crippen LogP contribution < -0.4 is 4.90 Å². The van der Waals surface area contributed by atoms with Crippen LogP contribution in [-0.2, 0) is 9.59 Å². The number of benzene rings is 1. The van der Waals surface area contributed by atoms with Gasteiger partial charge in [-0.1, -0.05) is 31.5 Å². The summed E-state index contributed by atoms with van der Waals surface area (Å²) in [5.74, 6) is 0.565. The number of fused-ring (bicyclic) bond motifs is 1. The first-order valence-corrected chi connectivity index (χ1v) is 9.82. The summed E-state index contributed by atoms with van der Waals surface area (Å²) in [7, 11) is 0. The molecule has 0 bridgehead atoms. The highest BCUT2D eigenvalue weighted by Gasteiger charge is 2.58. The van der Waals surface area contributed by atoms with Crippen LogP contribution in [0.1, 0.15) is 45.4 Å². The van der Waals surface area contributed by atoms with Gasteiger partial charge in [-0.2, -0.15) is 0 Å². The van der Waals surface area contributed by atoms with Gasteiger partial charge in [0.2, 0.25) is 5.91 Å². The van der Waals surface area contributed by atoms with Crippen molar-refractivity contribution in [3.63, 3.8) is 0 Å². The summed E-state index contributed by atoms with van der Waals surface area (Å²) in [4.78, 5) is 30.9. The van der Waals surface area contributed by atoms with E-state index in [1.165, 1.54) is 5.69 Å². The molecule has 1 aromatic rings. The molecule has 2 atom stereocenters. The third-order valence-electron chi connectivity index (χ3n) is 6.63. The molecule has 0 N–H and O–H groups in total. The molecule has 0 saturated carbocycles. The zero-order valence-electron chi connectivity index (χ0n) is 15.1. The average molecular weight is 340 g/mol. The predicted octanol–water partition coefficient (Wildman–Crippen LogP) is 3.26. The highest BCUT2D eigenvalue weighted by molar-refractivity contribution is 6.01. The molecule has 0 aliphatic carbocycles. The van der Waals surface area contributed by atoms with E-state index in [4.69, 9.17) is 0 Å². The lowest BCUT2D eigenvalue weighted by molar-refractivity contribution is -0.164. The van der Waals surface area contributed by atoms with E-state index in [0.717, 1.165) is 58.2 Å². The molecule has 134 valence electrons. The summed E-state index contributed by atoms with van der Waals surface area (Å²) in [6, 6.07) is 10.3. The van der Waals surface area contributed by atoms with Crippen LogP contribution in [0, 0.1) is 11.3 Å². The summed E-state index contributed by atoms with van der Waals surface area (Å²) in [5, 5.41) is 0. The van der Waals surface area contributed by atoms with Crippen LogP contribution in [0.3, 0.4) is 0 Å². The monoisotopic (exact) mass is 340 g/mol. The maximum atomic E-state index is 13.4. The molecule has 25 heavy (non-hydrogen) atoms. The standard InChI is InChI=1S/C21H28N2O2/c1-2-7-17-19(24)18-10-6-13-23(18)20(25)21(17)11-14-22(15-12-21)16-8-4-3-5-9-16/h3-5,8-9,17-18H,2,6-7,10-15H2,1H3. The maximum absolute atomic E-state index is 13.4. The number of hydrogen-bond acceptors (Lipinski definition) is 3. The smallest absolute Gasteiger partial charge is 0.230 e. The van der Waals surface area contributed by atoms with Crippen molar-refractivity contribution in [3.05, 3.63) is 30.3 Å². The second-order valence-electron chi connectivity index (χ2n) is 7.88. The van der Waals surface area contributed by atoms with E-state index in [0.29, 0.717) is 5.78 Å². The van der Waals surface area contributed by atoms with Crippen LogP contribution >= 0.6 is 0 Å². The number of Topliss-reactive ketones (excluding diaryl/α,β-unsaturated/α-hetero) is 1. The van der Waals surface area contributed by atoms with Gasteiger partial charge in [0, 0.05) is 31.2 Å². The van der Waals surface area contributed by atoms with Crippen molar-refractivity contribution >= 4 is 17.4 Å². The minimum atomic E-state index is -0.445. The van der Waals surface area contributed by atoms with Crippen molar-refractivity contribution in [2.24, 2.45) is 11.3 Å². The van der Waals surface area contributed by atoms with Gasteiger partial charge < -0.3 is 9.80 Å². The normalized spacial score (nSPS) is 28.5. The van der Waals surface area contributed by atoms with E-state index < -0.39 is 5.41 Å². The van der Waals surface area contributed by atoms with E-state index in [1.807, 2.05) is 11.0 Å². The fraction of sp³-hybridized carbons (Fsp3) is 0.619. The van der Waals surface area contributed by atoms with Gasteiger partial charge in [0.05, 0.1) is 11.5 Å². The first-order chi connectivity index (χ1) is 12.2. The van der Waals surface area contributed by atoms with Crippen molar-refractivity contribution in [3.8, 4) is 0 Å². The number of ketones is 1. The van der Waals surface area contributed by atoms with E-state index in [1.54, 1.807) is 0 Å². The number of anilines is 1. The third-order valence-corrected chi connectivity index (χ3v) is 6.63. The molecule has 0 radical (unpaired) electrons. The molecule has 3 aliphatic heterocycles. The van der Waals surface area contributed by atoms with Gasteiger partial charge in [-0.25, -0.2) is 0 Å². The van der Waals surface area contributed by atoms with E-state index in [2.05, 4.69) is 36.1 Å². The molecule has 1 amide bonds. The minimum absolute atomic E-state index is 0.0673. The van der Waals surface area contributed by atoms with Gasteiger partial charge in [-0.05, 0) is 44.2 Å². The number of carbonyl (C=O) groups is 2. The first kappa shape index (κ1) is 16.6. The van der Waals surface area contributed by atoms with Gasteiger partial charge in [0.25, 0.3) is 0 Å². The van der Waals surface area contributed by atoms with E-state index in [9.17, 15) is 9.59 Å². The fourth-order valence-electron chi connectivity index (χ4n) is 5.32. The number of rotatable bonds is 3. The highest BCUT2D eigenvalue weighted by Crippen LogP contribution is 2.49. The fourth-order valence-corrected chi connectivity index (χ4v) is 5.32. The van der Waals surface area contributed by atoms with Crippen LogP contribution in [0.4, 0.5) is 5.69 Å². The van der Waals surface area contributed by atoms with Crippen LogP contribution in [0.5, 0.6) is 0 Å². The van der Waals surface area contributed by atoms with Crippen molar-refractivity contribution in [1.29, 1.82) is 0 Å². The Morgan fingerprint density at radius 3 is 2.48 bits per heavy atom. The molecule has 3 fully saturated rings. The summed E-state index contributed by atoms with van der Waals surface area (Å²) in [6.45, 7) is 4.63. The largest absolute Gasteiger partial charge is 0.371 e.